The minimum atomic E-state index is -1.19. The third-order valence-corrected chi connectivity index (χ3v) is 5.68. The number of aromatic nitrogens is 3. The molecule has 3 N–H and O–H groups in total. The summed E-state index contributed by atoms with van der Waals surface area (Å²) >= 11 is 5.87. The summed E-state index contributed by atoms with van der Waals surface area (Å²) in [6.45, 7) is 4.45. The zero-order chi connectivity index (χ0) is 23.2. The second-order valence-electron chi connectivity index (χ2n) is 7.76. The van der Waals surface area contributed by atoms with Gasteiger partial charge in [-0.3, -0.25) is 9.36 Å². The molecule has 1 aliphatic heterocycles. The Balaban J connectivity index is 1.86. The van der Waals surface area contributed by atoms with E-state index in [1.54, 1.807) is 17.7 Å². The summed E-state index contributed by atoms with van der Waals surface area (Å²) in [5.41, 5.74) is 6.23. The highest BCUT2D eigenvalue weighted by Gasteiger charge is 2.22. The molecule has 0 spiro atoms. The molecule has 2 aromatic heterocycles. The van der Waals surface area contributed by atoms with Gasteiger partial charge in [0, 0.05) is 26.2 Å². The molecule has 0 bridgehead atoms. The lowest BCUT2D eigenvalue weighted by atomic mass is 10.0. The van der Waals surface area contributed by atoms with Gasteiger partial charge in [-0.15, -0.1) is 0 Å². The monoisotopic (exact) mass is 454 g/mol. The van der Waals surface area contributed by atoms with E-state index in [4.69, 9.17) is 16.6 Å². The number of hydrogen-bond acceptors (Lipinski definition) is 7. The number of fused-ring (bicyclic) bond motifs is 1. The van der Waals surface area contributed by atoms with Crippen LogP contribution in [0.4, 0.5) is 5.69 Å². The Morgan fingerprint density at radius 1 is 1.28 bits per heavy atom. The minimum Gasteiger partial charge on any atom is -0.476 e. The minimum absolute atomic E-state index is 0.0963. The first-order valence-electron chi connectivity index (χ1n) is 10.0. The molecule has 0 radical (unpaired) electrons. The van der Waals surface area contributed by atoms with Crippen LogP contribution in [0.25, 0.3) is 16.6 Å². The Hall–Kier alpha value is -3.43. The Labute approximate surface area is 189 Å². The van der Waals surface area contributed by atoms with E-state index in [2.05, 4.69) is 15.7 Å². The number of pyridine rings is 1. The van der Waals surface area contributed by atoms with Crippen LogP contribution < -0.4 is 16.3 Å². The van der Waals surface area contributed by atoms with Crippen LogP contribution in [0, 0.1) is 6.92 Å². The van der Waals surface area contributed by atoms with Crippen molar-refractivity contribution in [2.75, 3.05) is 18.9 Å². The maximum atomic E-state index is 13.2. The number of halogens is 1. The van der Waals surface area contributed by atoms with Gasteiger partial charge in [0.15, 0.2) is 11.5 Å². The van der Waals surface area contributed by atoms with Crippen LogP contribution >= 0.6 is 11.6 Å². The van der Waals surface area contributed by atoms with Crippen LogP contribution in [-0.2, 0) is 7.05 Å². The van der Waals surface area contributed by atoms with Crippen molar-refractivity contribution in [1.82, 2.24) is 25.0 Å². The molecule has 32 heavy (non-hydrogen) atoms. The quantitative estimate of drug-likeness (QED) is 0.504. The number of hydrazine groups is 1. The molecule has 4 rings (SSSR count). The molecule has 1 aromatic carbocycles. The molecule has 10 heteroatoms. The van der Waals surface area contributed by atoms with Crippen LogP contribution in [0.2, 0.25) is 5.15 Å². The zero-order valence-corrected chi connectivity index (χ0v) is 18.9. The molecule has 0 saturated heterocycles. The number of rotatable bonds is 5. The lowest BCUT2D eigenvalue weighted by molar-refractivity contribution is 0.0691. The van der Waals surface area contributed by atoms with E-state index in [0.717, 1.165) is 16.8 Å². The van der Waals surface area contributed by atoms with Crippen molar-refractivity contribution in [3.63, 3.8) is 0 Å². The molecule has 1 atom stereocenters. The lowest BCUT2D eigenvalue weighted by Crippen LogP contribution is -2.30. The normalized spacial score (nSPS) is 14.5. The van der Waals surface area contributed by atoms with Gasteiger partial charge in [-0.25, -0.2) is 20.2 Å². The van der Waals surface area contributed by atoms with Crippen LogP contribution in [-0.4, -0.2) is 44.2 Å². The topological polar surface area (TPSA) is 112 Å². The largest absolute Gasteiger partial charge is 0.476 e. The number of hydrogen-bond donors (Lipinski definition) is 3. The van der Waals surface area contributed by atoms with Gasteiger partial charge < -0.3 is 15.4 Å². The number of nitrogens with zero attached hydrogens (tertiary/aromatic N) is 4. The highest BCUT2D eigenvalue weighted by molar-refractivity contribution is 6.29. The van der Waals surface area contributed by atoms with Crippen molar-refractivity contribution in [1.29, 1.82) is 0 Å². The summed E-state index contributed by atoms with van der Waals surface area (Å²) in [6.07, 6.45) is 1.97. The number of carbonyl (C=O) groups is 1. The Morgan fingerprint density at radius 2 is 2.03 bits per heavy atom. The van der Waals surface area contributed by atoms with Gasteiger partial charge in [0.2, 0.25) is 0 Å². The molecule has 0 aliphatic carbocycles. The van der Waals surface area contributed by atoms with E-state index in [1.807, 2.05) is 44.1 Å². The Bertz CT molecular complexity index is 1330. The predicted octanol–water partition coefficient (Wildman–Crippen LogP) is 2.95. The first kappa shape index (κ1) is 21.8. The van der Waals surface area contributed by atoms with E-state index in [0.29, 0.717) is 29.0 Å². The molecule has 1 aliphatic rings. The van der Waals surface area contributed by atoms with Gasteiger partial charge in [-0.1, -0.05) is 17.7 Å². The summed E-state index contributed by atoms with van der Waals surface area (Å²) < 4.78 is 1.55. The molecule has 3 heterocycles. The molecule has 0 saturated carbocycles. The van der Waals surface area contributed by atoms with Crippen molar-refractivity contribution in [3.05, 3.63) is 68.5 Å². The third kappa shape index (κ3) is 3.80. The number of anilines is 1. The number of aromatic carboxylic acids is 1. The van der Waals surface area contributed by atoms with E-state index in [9.17, 15) is 14.7 Å². The Morgan fingerprint density at radius 3 is 2.69 bits per heavy atom. The average molecular weight is 455 g/mol. The second-order valence-corrected chi connectivity index (χ2v) is 8.15. The van der Waals surface area contributed by atoms with Crippen molar-refractivity contribution < 1.29 is 9.90 Å². The van der Waals surface area contributed by atoms with Gasteiger partial charge in [-0.2, -0.15) is 0 Å². The smallest absolute Gasteiger partial charge is 0.356 e. The molecule has 0 amide bonds. The third-order valence-electron chi connectivity index (χ3n) is 5.47. The van der Waals surface area contributed by atoms with Gasteiger partial charge in [0.05, 0.1) is 28.3 Å². The van der Waals surface area contributed by atoms with Crippen molar-refractivity contribution in [3.8, 4) is 0 Å². The molecule has 0 fully saturated rings. The van der Waals surface area contributed by atoms with E-state index in [-0.39, 0.29) is 22.4 Å². The molecular weight excluding hydrogens is 432 g/mol. The van der Waals surface area contributed by atoms with E-state index in [1.165, 1.54) is 6.07 Å². The number of aryl methyl sites for hydroxylation is 1. The van der Waals surface area contributed by atoms with Gasteiger partial charge >= 0.3 is 5.97 Å². The fraction of sp³-hybridized carbons (Fsp3) is 0.273. The SMILES string of the molecule is Cc1cc(C(C)Nc2ccc(Cl)nc2C(=O)O)c2nc(C3=CCNN3C)n(C)c(=O)c2c1. The number of carboxylic acid groups (broad SMARTS) is 1. The molecule has 1 unspecified atom stereocenters. The standard InChI is InChI=1S/C22H23ClN6O3/c1-11-9-13(12(2)25-15-5-6-17(23)26-19(15)22(31)32)18-14(10-11)21(30)28(3)20(27-18)16-7-8-24-29(16)4/h5-7,9-10,12,24-25H,8H2,1-4H3,(H,31,32). The predicted molar refractivity (Wildman–Crippen MR) is 124 cm³/mol. The molecule has 166 valence electrons. The zero-order valence-electron chi connectivity index (χ0n) is 18.1. The second kappa shape index (κ2) is 8.25. The fourth-order valence-corrected chi connectivity index (χ4v) is 4.03. The molecule has 9 nitrogen and oxygen atoms in total. The van der Waals surface area contributed by atoms with Gasteiger partial charge in [0.25, 0.3) is 5.56 Å². The van der Waals surface area contributed by atoms with Crippen LogP contribution in [0.15, 0.2) is 35.1 Å². The maximum absolute atomic E-state index is 13.2. The highest BCUT2D eigenvalue weighted by Crippen LogP contribution is 2.29. The number of carboxylic acids is 1. The molecule has 3 aromatic rings. The average Bonchev–Trinajstić information content (AvgIpc) is 3.17. The van der Waals surface area contributed by atoms with Crippen molar-refractivity contribution in [2.24, 2.45) is 7.05 Å². The maximum Gasteiger partial charge on any atom is 0.356 e. The van der Waals surface area contributed by atoms with Crippen LogP contribution in [0.3, 0.4) is 0 Å². The van der Waals surface area contributed by atoms with Gasteiger partial charge in [0.1, 0.15) is 5.15 Å². The summed E-state index contributed by atoms with van der Waals surface area (Å²) in [5, 5.41) is 15.1. The Kier molecular flexibility index (Phi) is 5.62. The van der Waals surface area contributed by atoms with E-state index < -0.39 is 5.97 Å². The summed E-state index contributed by atoms with van der Waals surface area (Å²) in [7, 11) is 3.58. The summed E-state index contributed by atoms with van der Waals surface area (Å²) in [5.74, 6) is -0.638. The highest BCUT2D eigenvalue weighted by atomic mass is 35.5. The van der Waals surface area contributed by atoms with Crippen LogP contribution in [0.5, 0.6) is 0 Å². The van der Waals surface area contributed by atoms with E-state index >= 15 is 0 Å². The summed E-state index contributed by atoms with van der Waals surface area (Å²) in [6, 6.07) is 6.51. The number of nitrogens with one attached hydrogen (secondary N) is 2. The first-order chi connectivity index (χ1) is 15.2. The molecular formula is C22H23ClN6O3. The fourth-order valence-electron chi connectivity index (χ4n) is 3.88. The van der Waals surface area contributed by atoms with Crippen molar-refractivity contribution >= 4 is 39.9 Å². The van der Waals surface area contributed by atoms with Crippen LogP contribution in [0.1, 0.15) is 40.4 Å². The van der Waals surface area contributed by atoms with Gasteiger partial charge in [-0.05, 0) is 43.7 Å². The summed E-state index contributed by atoms with van der Waals surface area (Å²) in [4.78, 5) is 33.6. The number of benzene rings is 1. The first-order valence-corrected chi connectivity index (χ1v) is 10.4. The lowest BCUT2D eigenvalue weighted by Gasteiger charge is -2.21. The van der Waals surface area contributed by atoms with Crippen molar-refractivity contribution in [2.45, 2.75) is 19.9 Å².